The second-order valence-corrected chi connectivity index (χ2v) is 7.81. The van der Waals surface area contributed by atoms with Gasteiger partial charge >= 0.3 is 0 Å². The van der Waals surface area contributed by atoms with Crippen LogP contribution in [0.15, 0.2) is 35.7 Å². The molecule has 2 amide bonds. The van der Waals surface area contributed by atoms with Crippen LogP contribution in [0.3, 0.4) is 0 Å². The van der Waals surface area contributed by atoms with Crippen LogP contribution in [0.25, 0.3) is 0 Å². The van der Waals surface area contributed by atoms with Gasteiger partial charge in [0.2, 0.25) is 5.91 Å². The number of benzene rings is 1. The SMILES string of the molecule is O=C(NCc1ccc(Cl)cc1Cl)[C@@H]1CCCN(C(=O)c2cccs2)C1. The van der Waals surface area contributed by atoms with E-state index < -0.39 is 0 Å². The summed E-state index contributed by atoms with van der Waals surface area (Å²) >= 11 is 13.4. The van der Waals surface area contributed by atoms with E-state index in [9.17, 15) is 9.59 Å². The summed E-state index contributed by atoms with van der Waals surface area (Å²) in [5.74, 6) is -0.230. The zero-order chi connectivity index (χ0) is 17.8. The van der Waals surface area contributed by atoms with Crippen molar-refractivity contribution in [1.82, 2.24) is 10.2 Å². The van der Waals surface area contributed by atoms with Crippen LogP contribution in [0, 0.1) is 5.92 Å². The average molecular weight is 397 g/mol. The third-order valence-corrected chi connectivity index (χ3v) is 5.72. The van der Waals surface area contributed by atoms with Gasteiger partial charge < -0.3 is 10.2 Å². The molecule has 1 aromatic heterocycles. The Labute approximate surface area is 160 Å². The van der Waals surface area contributed by atoms with Gasteiger partial charge in [0.05, 0.1) is 10.8 Å². The fourth-order valence-electron chi connectivity index (χ4n) is 2.92. The van der Waals surface area contributed by atoms with Crippen LogP contribution in [-0.2, 0) is 11.3 Å². The van der Waals surface area contributed by atoms with E-state index in [0.29, 0.717) is 34.6 Å². The number of amides is 2. The Bertz CT molecular complexity index is 764. The molecular formula is C18H18Cl2N2O2S. The number of nitrogens with one attached hydrogen (secondary N) is 1. The van der Waals surface area contributed by atoms with E-state index in [0.717, 1.165) is 18.4 Å². The van der Waals surface area contributed by atoms with Crippen molar-refractivity contribution in [2.24, 2.45) is 5.92 Å². The highest BCUT2D eigenvalue weighted by Crippen LogP contribution is 2.23. The van der Waals surface area contributed by atoms with Gasteiger partial charge in [-0.25, -0.2) is 0 Å². The summed E-state index contributed by atoms with van der Waals surface area (Å²) in [5, 5.41) is 5.91. The van der Waals surface area contributed by atoms with Gasteiger partial charge in [-0.05, 0) is 42.0 Å². The Balaban J connectivity index is 1.57. The molecular weight excluding hydrogens is 379 g/mol. The maximum atomic E-state index is 12.5. The molecule has 25 heavy (non-hydrogen) atoms. The number of nitrogens with zero attached hydrogens (tertiary/aromatic N) is 1. The Hall–Kier alpha value is -1.56. The highest BCUT2D eigenvalue weighted by atomic mass is 35.5. The number of hydrogen-bond acceptors (Lipinski definition) is 3. The molecule has 0 spiro atoms. The van der Waals surface area contributed by atoms with Crippen molar-refractivity contribution >= 4 is 46.4 Å². The van der Waals surface area contributed by atoms with Gasteiger partial charge in [-0.3, -0.25) is 9.59 Å². The number of likely N-dealkylation sites (tertiary alicyclic amines) is 1. The second-order valence-electron chi connectivity index (χ2n) is 6.02. The maximum absolute atomic E-state index is 12.5. The summed E-state index contributed by atoms with van der Waals surface area (Å²) < 4.78 is 0. The summed E-state index contributed by atoms with van der Waals surface area (Å²) in [6, 6.07) is 8.89. The Kier molecular flexibility index (Phi) is 5.99. The highest BCUT2D eigenvalue weighted by Gasteiger charge is 2.29. The van der Waals surface area contributed by atoms with Crippen LogP contribution < -0.4 is 5.32 Å². The molecule has 1 saturated heterocycles. The molecule has 4 nitrogen and oxygen atoms in total. The number of rotatable bonds is 4. The van der Waals surface area contributed by atoms with Gasteiger partial charge in [-0.1, -0.05) is 35.3 Å². The number of hydrogen-bond donors (Lipinski definition) is 1. The molecule has 0 aliphatic carbocycles. The van der Waals surface area contributed by atoms with E-state index in [1.807, 2.05) is 17.5 Å². The summed E-state index contributed by atoms with van der Waals surface area (Å²) in [6.07, 6.45) is 1.62. The first-order chi connectivity index (χ1) is 12.0. The molecule has 1 aliphatic rings. The van der Waals surface area contributed by atoms with Crippen LogP contribution in [0.1, 0.15) is 28.1 Å². The molecule has 0 saturated carbocycles. The monoisotopic (exact) mass is 396 g/mol. The summed E-state index contributed by atoms with van der Waals surface area (Å²) in [7, 11) is 0. The number of piperidine rings is 1. The van der Waals surface area contributed by atoms with Crippen LogP contribution in [0.2, 0.25) is 10.0 Å². The van der Waals surface area contributed by atoms with Crippen molar-refractivity contribution in [3.63, 3.8) is 0 Å². The average Bonchev–Trinajstić information content (AvgIpc) is 3.15. The minimum atomic E-state index is -0.191. The van der Waals surface area contributed by atoms with Crippen molar-refractivity contribution in [2.75, 3.05) is 13.1 Å². The maximum Gasteiger partial charge on any atom is 0.263 e. The standard InChI is InChI=1S/C18H18Cl2N2O2S/c19-14-6-5-12(15(20)9-14)10-21-17(23)13-3-1-7-22(11-13)18(24)16-4-2-8-25-16/h2,4-6,8-9,13H,1,3,7,10-11H2,(H,21,23)/t13-/m1/s1. The van der Waals surface area contributed by atoms with E-state index in [1.54, 1.807) is 23.1 Å². The smallest absolute Gasteiger partial charge is 0.263 e. The Morgan fingerprint density at radius 2 is 2.12 bits per heavy atom. The van der Waals surface area contributed by atoms with Gasteiger partial charge in [0.1, 0.15) is 0 Å². The fraction of sp³-hybridized carbons (Fsp3) is 0.333. The van der Waals surface area contributed by atoms with Crippen LogP contribution in [0.5, 0.6) is 0 Å². The molecule has 0 radical (unpaired) electrons. The van der Waals surface area contributed by atoms with Crippen LogP contribution in [0.4, 0.5) is 0 Å². The van der Waals surface area contributed by atoms with Gasteiger partial charge in [0.15, 0.2) is 0 Å². The van der Waals surface area contributed by atoms with Crippen molar-refractivity contribution in [1.29, 1.82) is 0 Å². The topological polar surface area (TPSA) is 49.4 Å². The van der Waals surface area contributed by atoms with E-state index in [-0.39, 0.29) is 17.7 Å². The molecule has 2 heterocycles. The van der Waals surface area contributed by atoms with E-state index in [4.69, 9.17) is 23.2 Å². The molecule has 1 aliphatic heterocycles. The molecule has 1 atom stereocenters. The molecule has 7 heteroatoms. The highest BCUT2D eigenvalue weighted by molar-refractivity contribution is 7.12. The number of thiophene rings is 1. The van der Waals surface area contributed by atoms with Crippen molar-refractivity contribution in [3.8, 4) is 0 Å². The van der Waals surface area contributed by atoms with Gasteiger partial charge in [-0.2, -0.15) is 0 Å². The van der Waals surface area contributed by atoms with Gasteiger partial charge in [0.25, 0.3) is 5.91 Å². The van der Waals surface area contributed by atoms with Crippen molar-refractivity contribution < 1.29 is 9.59 Å². The molecule has 0 unspecified atom stereocenters. The molecule has 1 fully saturated rings. The first kappa shape index (κ1) is 18.2. The largest absolute Gasteiger partial charge is 0.352 e. The lowest BCUT2D eigenvalue weighted by molar-refractivity contribution is -0.126. The summed E-state index contributed by atoms with van der Waals surface area (Å²) in [6.45, 7) is 1.50. The van der Waals surface area contributed by atoms with Gasteiger partial charge in [0, 0.05) is 29.7 Å². The molecule has 1 N–H and O–H groups in total. The molecule has 132 valence electrons. The lowest BCUT2D eigenvalue weighted by atomic mass is 9.97. The van der Waals surface area contributed by atoms with Crippen molar-refractivity contribution in [3.05, 3.63) is 56.2 Å². The molecule has 0 bridgehead atoms. The van der Waals surface area contributed by atoms with E-state index in [1.165, 1.54) is 11.3 Å². The molecule has 3 rings (SSSR count). The third-order valence-electron chi connectivity index (χ3n) is 4.28. The lowest BCUT2D eigenvalue weighted by Crippen LogP contribution is -2.45. The normalized spacial score (nSPS) is 17.4. The van der Waals surface area contributed by atoms with E-state index in [2.05, 4.69) is 5.32 Å². The Morgan fingerprint density at radius 3 is 2.84 bits per heavy atom. The second kappa shape index (κ2) is 8.21. The van der Waals surface area contributed by atoms with E-state index >= 15 is 0 Å². The molecule has 2 aromatic rings. The number of carbonyl (C=O) groups excluding carboxylic acids is 2. The van der Waals surface area contributed by atoms with Crippen LogP contribution in [-0.4, -0.2) is 29.8 Å². The van der Waals surface area contributed by atoms with Gasteiger partial charge in [-0.15, -0.1) is 11.3 Å². The summed E-state index contributed by atoms with van der Waals surface area (Å²) in [5.41, 5.74) is 0.821. The van der Waals surface area contributed by atoms with Crippen LogP contribution >= 0.6 is 34.5 Å². The minimum Gasteiger partial charge on any atom is -0.352 e. The number of halogens is 2. The zero-order valence-electron chi connectivity index (χ0n) is 13.5. The third kappa shape index (κ3) is 4.54. The fourth-order valence-corrected chi connectivity index (χ4v) is 4.09. The van der Waals surface area contributed by atoms with Crippen molar-refractivity contribution in [2.45, 2.75) is 19.4 Å². The predicted molar refractivity (Wildman–Crippen MR) is 101 cm³/mol. The zero-order valence-corrected chi connectivity index (χ0v) is 15.8. The first-order valence-corrected chi connectivity index (χ1v) is 9.72. The predicted octanol–water partition coefficient (Wildman–Crippen LogP) is 4.22. The minimum absolute atomic E-state index is 0.00763. The Morgan fingerprint density at radius 1 is 1.28 bits per heavy atom. The summed E-state index contributed by atoms with van der Waals surface area (Å²) in [4.78, 5) is 27.4. The number of carbonyl (C=O) groups is 2. The molecule has 1 aromatic carbocycles. The lowest BCUT2D eigenvalue weighted by Gasteiger charge is -2.31. The first-order valence-electron chi connectivity index (χ1n) is 8.09. The quantitative estimate of drug-likeness (QED) is 0.840.